The Labute approximate surface area is 90.0 Å². The summed E-state index contributed by atoms with van der Waals surface area (Å²) >= 11 is 0. The molecule has 0 saturated heterocycles. The molecule has 0 spiro atoms. The van der Waals surface area contributed by atoms with Gasteiger partial charge < -0.3 is 0 Å². The minimum absolute atomic E-state index is 0.454. The molecule has 0 amide bonds. The molecule has 0 aromatic rings. The fourth-order valence-corrected chi connectivity index (χ4v) is 1.86. The molecule has 0 saturated carbocycles. The quantitative estimate of drug-likeness (QED) is 0.422. The lowest BCUT2D eigenvalue weighted by Gasteiger charge is -2.15. The third-order valence-corrected chi connectivity index (χ3v) is 2.70. The highest BCUT2D eigenvalue weighted by atomic mass is 14.8. The maximum Gasteiger partial charge on any atom is 0.0442 e. The van der Waals surface area contributed by atoms with Gasteiger partial charge in [-0.2, -0.15) is 0 Å². The molecular formula is C13H27N. The Hall–Kier alpha value is -0.330. The van der Waals surface area contributed by atoms with Crippen LogP contribution in [0.15, 0.2) is 4.99 Å². The van der Waals surface area contributed by atoms with Gasteiger partial charge in [0, 0.05) is 11.8 Å². The first-order chi connectivity index (χ1) is 6.61. The van der Waals surface area contributed by atoms with Crippen molar-refractivity contribution in [3.8, 4) is 0 Å². The van der Waals surface area contributed by atoms with Gasteiger partial charge in [-0.15, -0.1) is 0 Å². The van der Waals surface area contributed by atoms with E-state index in [0.717, 1.165) is 5.92 Å². The summed E-state index contributed by atoms with van der Waals surface area (Å²) in [5.74, 6) is 0.726. The molecule has 0 aliphatic carbocycles. The molecule has 0 rings (SSSR count). The molecule has 0 aliphatic rings. The van der Waals surface area contributed by atoms with Crippen LogP contribution in [0.1, 0.15) is 66.7 Å². The molecule has 1 nitrogen and oxygen atoms in total. The fraction of sp³-hybridized carbons (Fsp3) is 0.923. The zero-order valence-corrected chi connectivity index (χ0v) is 10.6. The molecule has 0 aromatic heterocycles. The lowest BCUT2D eigenvalue weighted by molar-refractivity contribution is 0.546. The van der Waals surface area contributed by atoms with Crippen LogP contribution in [-0.4, -0.2) is 11.8 Å². The summed E-state index contributed by atoms with van der Waals surface area (Å²) in [5.41, 5.74) is 1.36. The van der Waals surface area contributed by atoms with E-state index in [1.54, 1.807) is 0 Å². The first-order valence-electron chi connectivity index (χ1n) is 6.16. The van der Waals surface area contributed by atoms with Crippen molar-refractivity contribution in [3.05, 3.63) is 0 Å². The minimum atomic E-state index is 0.454. The Kier molecular flexibility index (Phi) is 7.83. The number of hydrogen-bond donors (Lipinski definition) is 0. The van der Waals surface area contributed by atoms with E-state index in [1.807, 2.05) is 0 Å². The lowest BCUT2D eigenvalue weighted by Crippen LogP contribution is -2.12. The summed E-state index contributed by atoms with van der Waals surface area (Å²) in [6.07, 6.45) is 6.61. The summed E-state index contributed by atoms with van der Waals surface area (Å²) in [5, 5.41) is 0. The zero-order valence-electron chi connectivity index (χ0n) is 10.6. The highest BCUT2D eigenvalue weighted by molar-refractivity contribution is 5.84. The first kappa shape index (κ1) is 13.7. The maximum absolute atomic E-state index is 4.64. The molecular weight excluding hydrogens is 170 g/mol. The van der Waals surface area contributed by atoms with E-state index in [4.69, 9.17) is 0 Å². The van der Waals surface area contributed by atoms with Crippen LogP contribution < -0.4 is 0 Å². The largest absolute Gasteiger partial charge is 0.291 e. The summed E-state index contributed by atoms with van der Waals surface area (Å²) in [7, 11) is 0. The molecule has 0 radical (unpaired) electrons. The van der Waals surface area contributed by atoms with Gasteiger partial charge in [-0.3, -0.25) is 4.99 Å². The number of aliphatic imine (C=N–C) groups is 1. The molecule has 0 N–H and O–H groups in total. The Morgan fingerprint density at radius 1 is 1.14 bits per heavy atom. The number of nitrogens with zero attached hydrogens (tertiary/aromatic N) is 1. The van der Waals surface area contributed by atoms with Crippen molar-refractivity contribution >= 4 is 5.71 Å². The van der Waals surface area contributed by atoms with Crippen molar-refractivity contribution in [1.82, 2.24) is 0 Å². The smallest absolute Gasteiger partial charge is 0.0442 e. The molecule has 84 valence electrons. The van der Waals surface area contributed by atoms with E-state index in [-0.39, 0.29) is 0 Å². The normalized spacial score (nSPS) is 14.9. The van der Waals surface area contributed by atoms with E-state index in [0.29, 0.717) is 6.04 Å². The van der Waals surface area contributed by atoms with Gasteiger partial charge in [0.25, 0.3) is 0 Å². The third kappa shape index (κ3) is 6.17. The van der Waals surface area contributed by atoms with Gasteiger partial charge in [-0.05, 0) is 39.5 Å². The summed E-state index contributed by atoms with van der Waals surface area (Å²) in [4.78, 5) is 4.64. The van der Waals surface area contributed by atoms with Gasteiger partial charge in [-0.1, -0.05) is 33.1 Å². The van der Waals surface area contributed by atoms with Crippen LogP contribution in [0.4, 0.5) is 0 Å². The average molecular weight is 197 g/mol. The van der Waals surface area contributed by atoms with Crippen LogP contribution in [0, 0.1) is 5.92 Å². The van der Waals surface area contributed by atoms with Crippen molar-refractivity contribution in [2.24, 2.45) is 10.9 Å². The zero-order chi connectivity index (χ0) is 11.0. The average Bonchev–Trinajstić information content (AvgIpc) is 2.11. The van der Waals surface area contributed by atoms with E-state index in [1.165, 1.54) is 37.8 Å². The van der Waals surface area contributed by atoms with Crippen molar-refractivity contribution < 1.29 is 0 Å². The molecule has 1 unspecified atom stereocenters. The standard InChI is InChI=1S/C13H27N/c1-6-8-9-10-13(7-2)12(5)14-11(3)4/h11,13H,6-10H2,1-5H3. The van der Waals surface area contributed by atoms with Crippen LogP contribution in [0.3, 0.4) is 0 Å². The minimum Gasteiger partial charge on any atom is -0.291 e. The van der Waals surface area contributed by atoms with E-state index in [2.05, 4.69) is 39.6 Å². The van der Waals surface area contributed by atoms with Crippen LogP contribution in [0.2, 0.25) is 0 Å². The Bertz CT molecular complexity index is 159. The number of hydrogen-bond acceptors (Lipinski definition) is 1. The number of rotatable bonds is 7. The third-order valence-electron chi connectivity index (χ3n) is 2.70. The molecule has 0 aromatic carbocycles. The van der Waals surface area contributed by atoms with Crippen molar-refractivity contribution in [3.63, 3.8) is 0 Å². The topological polar surface area (TPSA) is 12.4 Å². The van der Waals surface area contributed by atoms with Crippen molar-refractivity contribution in [2.45, 2.75) is 72.8 Å². The Morgan fingerprint density at radius 2 is 1.79 bits per heavy atom. The summed E-state index contributed by atoms with van der Waals surface area (Å²) in [6.45, 7) is 11.0. The molecule has 0 bridgehead atoms. The predicted molar refractivity (Wildman–Crippen MR) is 66.2 cm³/mol. The van der Waals surface area contributed by atoms with Gasteiger partial charge in [0.1, 0.15) is 0 Å². The van der Waals surface area contributed by atoms with Crippen LogP contribution in [0.25, 0.3) is 0 Å². The van der Waals surface area contributed by atoms with Crippen LogP contribution in [-0.2, 0) is 0 Å². The fourth-order valence-electron chi connectivity index (χ4n) is 1.86. The second-order valence-electron chi connectivity index (χ2n) is 4.47. The molecule has 0 heterocycles. The summed E-state index contributed by atoms with van der Waals surface area (Å²) in [6, 6.07) is 0.454. The highest BCUT2D eigenvalue weighted by Gasteiger charge is 2.09. The first-order valence-corrected chi connectivity index (χ1v) is 6.16. The van der Waals surface area contributed by atoms with Gasteiger partial charge >= 0.3 is 0 Å². The predicted octanol–water partition coefficient (Wildman–Crippen LogP) is 4.46. The van der Waals surface area contributed by atoms with Crippen molar-refractivity contribution in [1.29, 1.82) is 0 Å². The summed E-state index contributed by atoms with van der Waals surface area (Å²) < 4.78 is 0. The van der Waals surface area contributed by atoms with E-state index >= 15 is 0 Å². The monoisotopic (exact) mass is 197 g/mol. The molecule has 14 heavy (non-hydrogen) atoms. The highest BCUT2D eigenvalue weighted by Crippen LogP contribution is 2.16. The second kappa shape index (κ2) is 8.02. The lowest BCUT2D eigenvalue weighted by atomic mass is 9.94. The molecule has 1 heteroatoms. The number of unbranched alkanes of at least 4 members (excludes halogenated alkanes) is 2. The van der Waals surface area contributed by atoms with Gasteiger partial charge in [0.15, 0.2) is 0 Å². The SMILES string of the molecule is CCCCCC(CC)C(C)=NC(C)C. The van der Waals surface area contributed by atoms with Crippen LogP contribution >= 0.6 is 0 Å². The molecule has 0 fully saturated rings. The molecule has 0 aliphatic heterocycles. The van der Waals surface area contributed by atoms with Gasteiger partial charge in [0.05, 0.1) is 0 Å². The Morgan fingerprint density at radius 3 is 2.21 bits per heavy atom. The van der Waals surface area contributed by atoms with Crippen LogP contribution in [0.5, 0.6) is 0 Å². The van der Waals surface area contributed by atoms with Gasteiger partial charge in [-0.25, -0.2) is 0 Å². The van der Waals surface area contributed by atoms with Crippen molar-refractivity contribution in [2.75, 3.05) is 0 Å². The maximum atomic E-state index is 4.64. The van der Waals surface area contributed by atoms with E-state index < -0.39 is 0 Å². The molecule has 1 atom stereocenters. The van der Waals surface area contributed by atoms with Gasteiger partial charge in [0.2, 0.25) is 0 Å². The second-order valence-corrected chi connectivity index (χ2v) is 4.47. The van der Waals surface area contributed by atoms with E-state index in [9.17, 15) is 0 Å². The Balaban J connectivity index is 3.99.